The summed E-state index contributed by atoms with van der Waals surface area (Å²) in [4.78, 5) is 0. The second-order valence-corrected chi connectivity index (χ2v) is 5.44. The average molecular weight is 244 g/mol. The molecule has 1 aliphatic carbocycles. The van der Waals surface area contributed by atoms with Crippen LogP contribution in [-0.4, -0.2) is 49.1 Å². The Morgan fingerprint density at radius 3 is 2.53 bits per heavy atom. The van der Waals surface area contributed by atoms with Crippen molar-refractivity contribution in [2.24, 2.45) is 11.8 Å². The Labute approximate surface area is 105 Å². The van der Waals surface area contributed by atoms with E-state index in [0.29, 0.717) is 11.8 Å². The van der Waals surface area contributed by atoms with Crippen molar-refractivity contribution < 1.29 is 10.2 Å². The quantitative estimate of drug-likeness (QED) is 0.522. The molecule has 17 heavy (non-hydrogen) atoms. The van der Waals surface area contributed by atoms with Gasteiger partial charge in [-0.3, -0.25) is 0 Å². The fourth-order valence-electron chi connectivity index (χ4n) is 3.27. The molecule has 0 aromatic rings. The van der Waals surface area contributed by atoms with E-state index < -0.39 is 0 Å². The minimum atomic E-state index is -0.0952. The summed E-state index contributed by atoms with van der Waals surface area (Å²) in [6.07, 6.45) is 4.46. The molecule has 1 rings (SSSR count). The van der Waals surface area contributed by atoms with Crippen LogP contribution in [0.4, 0.5) is 0 Å². The maximum atomic E-state index is 9.63. The fraction of sp³-hybridized carbons (Fsp3) is 1.00. The van der Waals surface area contributed by atoms with E-state index in [0.717, 1.165) is 12.8 Å². The highest BCUT2D eigenvalue weighted by Crippen LogP contribution is 2.39. The number of hydrogen-bond donors (Lipinski definition) is 4. The SMILES string of the molecule is CN[C@H](CO)C(C)CC1CCCC1(CO)NC. The summed E-state index contributed by atoms with van der Waals surface area (Å²) >= 11 is 0. The summed E-state index contributed by atoms with van der Waals surface area (Å²) in [6, 6.07) is 0.156. The number of nitrogens with one attached hydrogen (secondary N) is 2. The van der Waals surface area contributed by atoms with Gasteiger partial charge in [-0.25, -0.2) is 0 Å². The molecule has 0 amide bonds. The lowest BCUT2D eigenvalue weighted by atomic mass is 9.80. The van der Waals surface area contributed by atoms with Crippen molar-refractivity contribution in [1.29, 1.82) is 0 Å². The number of aliphatic hydroxyl groups excluding tert-OH is 2. The zero-order valence-corrected chi connectivity index (χ0v) is 11.4. The van der Waals surface area contributed by atoms with Crippen molar-refractivity contribution in [2.45, 2.75) is 44.2 Å². The van der Waals surface area contributed by atoms with Crippen molar-refractivity contribution >= 4 is 0 Å². The number of aliphatic hydroxyl groups is 2. The largest absolute Gasteiger partial charge is 0.395 e. The van der Waals surface area contributed by atoms with Gasteiger partial charge in [0.2, 0.25) is 0 Å². The Bertz CT molecular complexity index is 215. The summed E-state index contributed by atoms with van der Waals surface area (Å²) < 4.78 is 0. The van der Waals surface area contributed by atoms with Crippen LogP contribution in [0.25, 0.3) is 0 Å². The maximum absolute atomic E-state index is 9.63. The molecule has 0 radical (unpaired) electrons. The molecule has 4 N–H and O–H groups in total. The van der Waals surface area contributed by atoms with Gasteiger partial charge in [0.15, 0.2) is 0 Å². The first-order valence-corrected chi connectivity index (χ1v) is 6.71. The van der Waals surface area contributed by atoms with Gasteiger partial charge in [-0.2, -0.15) is 0 Å². The summed E-state index contributed by atoms with van der Waals surface area (Å²) in [6.45, 7) is 2.56. The molecule has 0 heterocycles. The molecule has 4 nitrogen and oxygen atoms in total. The van der Waals surface area contributed by atoms with Gasteiger partial charge in [-0.05, 0) is 45.2 Å². The number of likely N-dealkylation sites (N-methyl/N-ethyl adjacent to an activating group) is 2. The first kappa shape index (κ1) is 14.9. The van der Waals surface area contributed by atoms with Gasteiger partial charge in [-0.1, -0.05) is 13.3 Å². The van der Waals surface area contributed by atoms with Crippen molar-refractivity contribution in [1.82, 2.24) is 10.6 Å². The van der Waals surface area contributed by atoms with Gasteiger partial charge in [0.1, 0.15) is 0 Å². The Kier molecular flexibility index (Phi) is 5.86. The molecule has 0 aromatic carbocycles. The molecule has 102 valence electrons. The lowest BCUT2D eigenvalue weighted by Gasteiger charge is -2.36. The molecule has 3 unspecified atom stereocenters. The highest BCUT2D eigenvalue weighted by Gasteiger charge is 2.41. The van der Waals surface area contributed by atoms with Crippen LogP contribution in [0, 0.1) is 11.8 Å². The number of rotatable bonds is 7. The molecule has 4 atom stereocenters. The first-order valence-electron chi connectivity index (χ1n) is 6.71. The molecule has 4 heteroatoms. The van der Waals surface area contributed by atoms with E-state index in [1.54, 1.807) is 0 Å². The van der Waals surface area contributed by atoms with E-state index >= 15 is 0 Å². The second-order valence-electron chi connectivity index (χ2n) is 5.44. The lowest BCUT2D eigenvalue weighted by Crippen LogP contribution is -2.50. The normalized spacial score (nSPS) is 32.6. The minimum Gasteiger partial charge on any atom is -0.395 e. The molecule has 0 bridgehead atoms. The molecule has 0 spiro atoms. The molecule has 1 saturated carbocycles. The van der Waals surface area contributed by atoms with Crippen LogP contribution < -0.4 is 10.6 Å². The average Bonchev–Trinajstić information content (AvgIpc) is 2.74. The molecule has 1 fully saturated rings. The Balaban J connectivity index is 2.60. The monoisotopic (exact) mass is 244 g/mol. The third-order valence-electron chi connectivity index (χ3n) is 4.65. The van der Waals surface area contributed by atoms with Crippen LogP contribution in [0.15, 0.2) is 0 Å². The predicted octanol–water partition coefficient (Wildman–Crippen LogP) is 0.343. The summed E-state index contributed by atoms with van der Waals surface area (Å²) in [7, 11) is 3.84. The van der Waals surface area contributed by atoms with Crippen LogP contribution in [0.2, 0.25) is 0 Å². The molecule has 0 aromatic heterocycles. The fourth-order valence-corrected chi connectivity index (χ4v) is 3.27. The Hall–Kier alpha value is -0.160. The highest BCUT2D eigenvalue weighted by molar-refractivity contribution is 4.99. The van der Waals surface area contributed by atoms with Gasteiger partial charge in [0, 0.05) is 11.6 Å². The van der Waals surface area contributed by atoms with Crippen LogP contribution >= 0.6 is 0 Å². The van der Waals surface area contributed by atoms with E-state index in [4.69, 9.17) is 0 Å². The van der Waals surface area contributed by atoms with Crippen molar-refractivity contribution in [3.8, 4) is 0 Å². The van der Waals surface area contributed by atoms with Crippen molar-refractivity contribution in [3.05, 3.63) is 0 Å². The summed E-state index contributed by atoms with van der Waals surface area (Å²) in [5.74, 6) is 0.933. The van der Waals surface area contributed by atoms with E-state index in [9.17, 15) is 10.2 Å². The van der Waals surface area contributed by atoms with E-state index in [2.05, 4.69) is 17.6 Å². The molecular weight excluding hydrogens is 216 g/mol. The minimum absolute atomic E-state index is 0.0952. The highest BCUT2D eigenvalue weighted by atomic mass is 16.3. The van der Waals surface area contributed by atoms with Crippen molar-refractivity contribution in [2.75, 3.05) is 27.3 Å². The standard InChI is InChI=1S/C13H28N2O2/c1-10(12(8-16)14-2)7-11-5-4-6-13(11,9-17)15-3/h10-12,14-17H,4-9H2,1-3H3/t10?,11?,12-,13?/m1/s1. The van der Waals surface area contributed by atoms with Gasteiger partial charge < -0.3 is 20.8 Å². The van der Waals surface area contributed by atoms with E-state index in [-0.39, 0.29) is 24.8 Å². The topological polar surface area (TPSA) is 64.5 Å². The summed E-state index contributed by atoms with van der Waals surface area (Å²) in [5, 5.41) is 25.4. The third-order valence-corrected chi connectivity index (χ3v) is 4.65. The van der Waals surface area contributed by atoms with Gasteiger partial charge in [-0.15, -0.1) is 0 Å². The van der Waals surface area contributed by atoms with Crippen LogP contribution in [-0.2, 0) is 0 Å². The van der Waals surface area contributed by atoms with Crippen LogP contribution in [0.5, 0.6) is 0 Å². The van der Waals surface area contributed by atoms with Crippen molar-refractivity contribution in [3.63, 3.8) is 0 Å². The summed E-state index contributed by atoms with van der Waals surface area (Å²) in [5.41, 5.74) is -0.0952. The van der Waals surface area contributed by atoms with Gasteiger partial charge in [0.05, 0.1) is 13.2 Å². The molecule has 0 aliphatic heterocycles. The molecular formula is C13H28N2O2. The maximum Gasteiger partial charge on any atom is 0.0615 e. The van der Waals surface area contributed by atoms with E-state index in [1.165, 1.54) is 12.8 Å². The van der Waals surface area contributed by atoms with Crippen LogP contribution in [0.3, 0.4) is 0 Å². The van der Waals surface area contributed by atoms with Crippen LogP contribution in [0.1, 0.15) is 32.6 Å². The lowest BCUT2D eigenvalue weighted by molar-refractivity contribution is 0.108. The second kappa shape index (κ2) is 6.69. The molecule has 1 aliphatic rings. The first-order chi connectivity index (χ1) is 8.13. The number of hydrogen-bond acceptors (Lipinski definition) is 4. The Morgan fingerprint density at radius 1 is 1.35 bits per heavy atom. The van der Waals surface area contributed by atoms with Gasteiger partial charge >= 0.3 is 0 Å². The third kappa shape index (κ3) is 3.19. The zero-order valence-electron chi connectivity index (χ0n) is 11.4. The predicted molar refractivity (Wildman–Crippen MR) is 69.9 cm³/mol. The van der Waals surface area contributed by atoms with E-state index in [1.807, 2.05) is 14.1 Å². The zero-order chi connectivity index (χ0) is 12.9. The molecule has 0 saturated heterocycles. The van der Waals surface area contributed by atoms with Gasteiger partial charge in [0.25, 0.3) is 0 Å². The Morgan fingerprint density at radius 2 is 2.06 bits per heavy atom. The smallest absolute Gasteiger partial charge is 0.0615 e.